The molecule has 1 aliphatic heterocycles. The predicted octanol–water partition coefficient (Wildman–Crippen LogP) is 2.93. The molecule has 0 aliphatic carbocycles. The lowest BCUT2D eigenvalue weighted by Crippen LogP contribution is -2.46. The molecule has 150 valence electrons. The van der Waals surface area contributed by atoms with E-state index in [1.807, 2.05) is 60.8 Å². The van der Waals surface area contributed by atoms with Crippen molar-refractivity contribution in [3.8, 4) is 0 Å². The molecule has 29 heavy (non-hydrogen) atoms. The molecule has 6 nitrogen and oxygen atoms in total. The summed E-state index contributed by atoms with van der Waals surface area (Å²) in [6, 6.07) is 17.7. The third kappa shape index (κ3) is 5.03. The zero-order valence-corrected chi connectivity index (χ0v) is 16.4. The van der Waals surface area contributed by atoms with Crippen molar-refractivity contribution in [3.05, 3.63) is 66.4 Å². The molecule has 2 amide bonds. The Morgan fingerprint density at radius 2 is 1.69 bits per heavy atom. The number of carbonyl (C=O) groups excluding carboxylic acids is 2. The molecule has 6 heteroatoms. The predicted molar refractivity (Wildman–Crippen MR) is 115 cm³/mol. The van der Waals surface area contributed by atoms with E-state index in [4.69, 9.17) is 0 Å². The van der Waals surface area contributed by atoms with Gasteiger partial charge < -0.3 is 15.6 Å². The van der Waals surface area contributed by atoms with Crippen LogP contribution in [0.25, 0.3) is 10.9 Å². The van der Waals surface area contributed by atoms with Crippen molar-refractivity contribution >= 4 is 28.4 Å². The van der Waals surface area contributed by atoms with Crippen LogP contribution in [0.2, 0.25) is 0 Å². The number of fused-ring (bicyclic) bond motifs is 1. The summed E-state index contributed by atoms with van der Waals surface area (Å²) in [5, 5.41) is 7.17. The number of benzene rings is 2. The van der Waals surface area contributed by atoms with Crippen LogP contribution in [0.15, 0.2) is 60.8 Å². The minimum Gasteiger partial charge on any atom is -0.361 e. The molecule has 0 spiro atoms. The van der Waals surface area contributed by atoms with Crippen LogP contribution >= 0.6 is 0 Å². The first kappa shape index (κ1) is 19.2. The maximum Gasteiger partial charge on any atom is 0.238 e. The number of nitrogens with zero attached hydrogens (tertiary/aromatic N) is 1. The van der Waals surface area contributed by atoms with Crippen LogP contribution in [-0.2, 0) is 16.0 Å². The van der Waals surface area contributed by atoms with Crippen LogP contribution in [0.1, 0.15) is 18.4 Å². The van der Waals surface area contributed by atoms with Crippen LogP contribution in [0.3, 0.4) is 0 Å². The number of anilines is 1. The van der Waals surface area contributed by atoms with Gasteiger partial charge in [-0.15, -0.1) is 0 Å². The fraction of sp³-hybridized carbons (Fsp3) is 0.304. The van der Waals surface area contributed by atoms with E-state index in [9.17, 15) is 9.59 Å². The van der Waals surface area contributed by atoms with E-state index in [1.165, 1.54) is 0 Å². The molecule has 1 saturated heterocycles. The molecule has 1 aliphatic rings. The number of hydrogen-bond acceptors (Lipinski definition) is 3. The van der Waals surface area contributed by atoms with Crippen LogP contribution in [-0.4, -0.2) is 47.4 Å². The van der Waals surface area contributed by atoms with Gasteiger partial charge in [-0.1, -0.05) is 36.4 Å². The number of amides is 2. The number of nitrogens with one attached hydrogen (secondary N) is 3. The van der Waals surface area contributed by atoms with Gasteiger partial charge in [-0.2, -0.15) is 0 Å². The number of piperidine rings is 1. The summed E-state index contributed by atoms with van der Waals surface area (Å²) in [5.41, 5.74) is 2.89. The average Bonchev–Trinajstić information content (AvgIpc) is 3.13. The van der Waals surface area contributed by atoms with E-state index < -0.39 is 0 Å². The maximum absolute atomic E-state index is 12.5. The van der Waals surface area contributed by atoms with Gasteiger partial charge in [-0.3, -0.25) is 14.5 Å². The SMILES string of the molecule is O=C(CN1CCC(NC(=O)Cc2c[nH]c3ccccc23)CC1)Nc1ccccc1. The summed E-state index contributed by atoms with van der Waals surface area (Å²) in [6.07, 6.45) is 4.01. The number of rotatable bonds is 6. The molecule has 0 radical (unpaired) electrons. The van der Waals surface area contributed by atoms with Crippen LogP contribution < -0.4 is 10.6 Å². The first-order chi connectivity index (χ1) is 14.2. The summed E-state index contributed by atoms with van der Waals surface area (Å²) in [7, 11) is 0. The van der Waals surface area contributed by atoms with Crippen LogP contribution in [0, 0.1) is 0 Å². The van der Waals surface area contributed by atoms with E-state index in [1.54, 1.807) is 0 Å². The molecule has 0 atom stereocenters. The number of hydrogen-bond donors (Lipinski definition) is 3. The summed E-state index contributed by atoms with van der Waals surface area (Å²) in [4.78, 5) is 30.0. The van der Waals surface area contributed by atoms with E-state index in [0.29, 0.717) is 13.0 Å². The molecule has 3 aromatic rings. The van der Waals surface area contributed by atoms with Gasteiger partial charge in [0.25, 0.3) is 0 Å². The number of likely N-dealkylation sites (tertiary alicyclic amines) is 1. The Morgan fingerprint density at radius 1 is 0.966 bits per heavy atom. The molecule has 1 aromatic heterocycles. The average molecular weight is 390 g/mol. The van der Waals surface area contributed by atoms with Crippen LogP contribution in [0.5, 0.6) is 0 Å². The number of aromatic nitrogens is 1. The number of para-hydroxylation sites is 2. The summed E-state index contributed by atoms with van der Waals surface area (Å²) >= 11 is 0. The fourth-order valence-corrected chi connectivity index (χ4v) is 3.89. The highest BCUT2D eigenvalue weighted by molar-refractivity contribution is 5.92. The number of carbonyl (C=O) groups is 2. The first-order valence-electron chi connectivity index (χ1n) is 10.1. The molecule has 3 N–H and O–H groups in total. The van der Waals surface area contributed by atoms with Crippen LogP contribution in [0.4, 0.5) is 5.69 Å². The Morgan fingerprint density at radius 3 is 2.48 bits per heavy atom. The molecule has 1 fully saturated rings. The van der Waals surface area contributed by atoms with Gasteiger partial charge in [0, 0.05) is 41.9 Å². The molecule has 2 aromatic carbocycles. The molecule has 4 rings (SSSR count). The molecule has 0 saturated carbocycles. The van der Waals surface area contributed by atoms with Gasteiger partial charge in [0.15, 0.2) is 0 Å². The van der Waals surface area contributed by atoms with Crippen molar-refractivity contribution in [1.82, 2.24) is 15.2 Å². The van der Waals surface area contributed by atoms with Gasteiger partial charge in [-0.25, -0.2) is 0 Å². The Balaban J connectivity index is 1.21. The Hall–Kier alpha value is -3.12. The zero-order valence-electron chi connectivity index (χ0n) is 16.4. The number of H-pyrrole nitrogens is 1. The topological polar surface area (TPSA) is 77.2 Å². The van der Waals surface area contributed by atoms with Gasteiger partial charge in [-0.05, 0) is 36.6 Å². The molecule has 0 unspecified atom stereocenters. The van der Waals surface area contributed by atoms with Crippen molar-refractivity contribution in [2.75, 3.05) is 25.0 Å². The molecular weight excluding hydrogens is 364 g/mol. The van der Waals surface area contributed by atoms with Crippen molar-refractivity contribution in [3.63, 3.8) is 0 Å². The monoisotopic (exact) mass is 390 g/mol. The lowest BCUT2D eigenvalue weighted by atomic mass is 10.0. The lowest BCUT2D eigenvalue weighted by molar-refractivity contribution is -0.122. The van der Waals surface area contributed by atoms with Gasteiger partial charge >= 0.3 is 0 Å². The highest BCUT2D eigenvalue weighted by atomic mass is 16.2. The quantitative estimate of drug-likeness (QED) is 0.606. The standard InChI is InChI=1S/C23H26N4O2/c28-22(14-17-15-24-21-9-5-4-8-20(17)21)25-19-10-12-27(13-11-19)16-23(29)26-18-6-2-1-3-7-18/h1-9,15,19,24H,10-14,16H2,(H,25,28)(H,26,29). The third-order valence-corrected chi connectivity index (χ3v) is 5.40. The normalized spacial score (nSPS) is 15.3. The van der Waals surface area contributed by atoms with Gasteiger partial charge in [0.05, 0.1) is 13.0 Å². The smallest absolute Gasteiger partial charge is 0.238 e. The fourth-order valence-electron chi connectivity index (χ4n) is 3.89. The lowest BCUT2D eigenvalue weighted by Gasteiger charge is -2.31. The summed E-state index contributed by atoms with van der Waals surface area (Å²) < 4.78 is 0. The summed E-state index contributed by atoms with van der Waals surface area (Å²) in [6.45, 7) is 1.99. The largest absolute Gasteiger partial charge is 0.361 e. The Kier molecular flexibility index (Phi) is 5.91. The second-order valence-corrected chi connectivity index (χ2v) is 7.57. The molecule has 0 bridgehead atoms. The van der Waals surface area contributed by atoms with E-state index >= 15 is 0 Å². The molecule has 2 heterocycles. The second-order valence-electron chi connectivity index (χ2n) is 7.57. The van der Waals surface area contributed by atoms with Crippen molar-refractivity contribution in [1.29, 1.82) is 0 Å². The van der Waals surface area contributed by atoms with E-state index in [-0.39, 0.29) is 17.9 Å². The van der Waals surface area contributed by atoms with Crippen molar-refractivity contribution in [2.45, 2.75) is 25.3 Å². The van der Waals surface area contributed by atoms with Crippen molar-refractivity contribution in [2.24, 2.45) is 0 Å². The van der Waals surface area contributed by atoms with Gasteiger partial charge in [0.1, 0.15) is 0 Å². The third-order valence-electron chi connectivity index (χ3n) is 5.40. The highest BCUT2D eigenvalue weighted by Gasteiger charge is 2.22. The minimum atomic E-state index is -0.00183. The zero-order chi connectivity index (χ0) is 20.1. The highest BCUT2D eigenvalue weighted by Crippen LogP contribution is 2.18. The maximum atomic E-state index is 12.5. The van der Waals surface area contributed by atoms with Gasteiger partial charge in [0.2, 0.25) is 11.8 Å². The Labute approximate surface area is 170 Å². The van der Waals surface area contributed by atoms with Crippen molar-refractivity contribution < 1.29 is 9.59 Å². The Bertz CT molecular complexity index is 975. The van der Waals surface area contributed by atoms with E-state index in [0.717, 1.165) is 48.1 Å². The molecular formula is C23H26N4O2. The second kappa shape index (κ2) is 8.92. The first-order valence-corrected chi connectivity index (χ1v) is 10.1. The van der Waals surface area contributed by atoms with E-state index in [2.05, 4.69) is 20.5 Å². The summed E-state index contributed by atoms with van der Waals surface area (Å²) in [5.74, 6) is 0.0491. The minimum absolute atomic E-state index is 0.00183. The number of aromatic amines is 1.